The van der Waals surface area contributed by atoms with E-state index in [0.29, 0.717) is 0 Å². The summed E-state index contributed by atoms with van der Waals surface area (Å²) >= 11 is 0. The van der Waals surface area contributed by atoms with Crippen molar-refractivity contribution >= 4 is 19.7 Å². The molecule has 0 radical (unpaired) electrons. The molecule has 0 amide bonds. The third kappa shape index (κ3) is 2.93. The van der Waals surface area contributed by atoms with E-state index in [0.717, 1.165) is 6.07 Å². The maximum Gasteiger partial charge on any atom is 0.265 e. The number of hydrogen-bond donors (Lipinski definition) is 0. The molecule has 0 heterocycles. The number of rotatable bonds is 3. The summed E-state index contributed by atoms with van der Waals surface area (Å²) in [5, 5.41) is 8.70. The van der Waals surface area contributed by atoms with Gasteiger partial charge in [0.15, 0.2) is 0 Å². The van der Waals surface area contributed by atoms with Gasteiger partial charge in [-0.05, 0) is 24.1 Å². The van der Waals surface area contributed by atoms with Crippen molar-refractivity contribution in [3.63, 3.8) is 0 Å². The number of hydrogen-bond acceptors (Lipinski definition) is 3. The number of halogens is 3. The molecule has 0 atom stereocenters. The largest absolute Gasteiger partial charge is 0.265 e. The van der Waals surface area contributed by atoms with Gasteiger partial charge < -0.3 is 0 Å². The van der Waals surface area contributed by atoms with Gasteiger partial charge in [-0.3, -0.25) is 0 Å². The highest BCUT2D eigenvalue weighted by Gasteiger charge is 2.25. The zero-order valence-electron chi connectivity index (χ0n) is 8.75. The summed E-state index contributed by atoms with van der Waals surface area (Å²) in [7, 11) is 0.793. The van der Waals surface area contributed by atoms with Gasteiger partial charge in [0.1, 0.15) is 0 Å². The van der Waals surface area contributed by atoms with Gasteiger partial charge in [-0.1, -0.05) is 6.92 Å². The molecule has 0 aliphatic rings. The second kappa shape index (κ2) is 4.98. The summed E-state index contributed by atoms with van der Waals surface area (Å²) in [5.74, 6) is 0. The molecule has 0 saturated carbocycles. The maximum atomic E-state index is 12.8. The zero-order valence-corrected chi connectivity index (χ0v) is 10.3. The Bertz CT molecular complexity index is 579. The smallest absolute Gasteiger partial charge is 0.207 e. The molecule has 0 N–H and O–H groups in total. The van der Waals surface area contributed by atoms with Gasteiger partial charge in [0.05, 0.1) is 16.5 Å². The van der Waals surface area contributed by atoms with Crippen molar-refractivity contribution in [1.29, 1.82) is 5.26 Å². The van der Waals surface area contributed by atoms with Crippen LogP contribution in [0.2, 0.25) is 0 Å². The van der Waals surface area contributed by atoms with Crippen LogP contribution in [-0.2, 0) is 15.5 Å². The highest BCUT2D eigenvalue weighted by Crippen LogP contribution is 2.33. The van der Waals surface area contributed by atoms with E-state index in [4.69, 9.17) is 15.9 Å². The summed E-state index contributed by atoms with van der Waals surface area (Å²) in [6.45, 7) is 1.59. The summed E-state index contributed by atoms with van der Waals surface area (Å²) in [5.41, 5.74) is -0.523. The molecule has 1 aromatic rings. The summed E-state index contributed by atoms with van der Waals surface area (Å²) < 4.78 is 48.1. The van der Waals surface area contributed by atoms with E-state index in [1.165, 1.54) is 6.07 Å². The van der Waals surface area contributed by atoms with Crippen molar-refractivity contribution in [2.45, 2.75) is 24.7 Å². The zero-order chi connectivity index (χ0) is 13.2. The third-order valence-electron chi connectivity index (χ3n) is 2.22. The molecule has 0 aromatic heterocycles. The van der Waals surface area contributed by atoms with E-state index in [1.54, 1.807) is 13.0 Å². The van der Waals surface area contributed by atoms with Crippen LogP contribution in [0.1, 0.15) is 30.0 Å². The lowest BCUT2D eigenvalue weighted by molar-refractivity contribution is 0.147. The number of benzene rings is 1. The van der Waals surface area contributed by atoms with E-state index in [1.807, 2.05) is 0 Å². The predicted octanol–water partition coefficient (Wildman–Crippen LogP) is 2.99. The number of nitrogens with zero attached hydrogens (tertiary/aromatic N) is 1. The lowest BCUT2D eigenvalue weighted by atomic mass is 10.0. The van der Waals surface area contributed by atoms with Crippen molar-refractivity contribution in [2.75, 3.05) is 0 Å². The average Bonchev–Trinajstić information content (AvgIpc) is 2.25. The van der Waals surface area contributed by atoms with Crippen LogP contribution in [0.15, 0.2) is 17.0 Å². The van der Waals surface area contributed by atoms with Gasteiger partial charge in [-0.2, -0.15) is 5.26 Å². The first kappa shape index (κ1) is 13.9. The van der Waals surface area contributed by atoms with Crippen LogP contribution in [0.25, 0.3) is 0 Å². The molecule has 3 nitrogen and oxygen atoms in total. The van der Waals surface area contributed by atoms with E-state index < -0.39 is 25.9 Å². The van der Waals surface area contributed by atoms with Crippen LogP contribution in [-0.4, -0.2) is 8.42 Å². The van der Waals surface area contributed by atoms with Crippen LogP contribution >= 0.6 is 10.7 Å². The average molecular weight is 280 g/mol. The van der Waals surface area contributed by atoms with E-state index >= 15 is 0 Å². The van der Waals surface area contributed by atoms with Crippen LogP contribution < -0.4 is 0 Å². The molecule has 7 heteroatoms. The highest BCUT2D eigenvalue weighted by atomic mass is 35.7. The minimum Gasteiger partial charge on any atom is -0.207 e. The molecule has 0 fully saturated rings. The van der Waals surface area contributed by atoms with Crippen LogP contribution in [0.5, 0.6) is 0 Å². The van der Waals surface area contributed by atoms with E-state index in [2.05, 4.69) is 0 Å². The van der Waals surface area contributed by atoms with Gasteiger partial charge in [-0.15, -0.1) is 0 Å². The molecule has 17 heavy (non-hydrogen) atoms. The van der Waals surface area contributed by atoms with Gasteiger partial charge >= 0.3 is 0 Å². The Morgan fingerprint density at radius 3 is 2.41 bits per heavy atom. The summed E-state index contributed by atoms with van der Waals surface area (Å²) in [4.78, 5) is -0.690. The topological polar surface area (TPSA) is 57.9 Å². The molecule has 0 aliphatic heterocycles. The predicted molar refractivity (Wildman–Crippen MR) is 58.5 cm³/mol. The number of aryl methyl sites for hydroxylation is 1. The first-order chi connectivity index (χ1) is 7.81. The minimum atomic E-state index is -4.30. The molecular weight excluding hydrogens is 272 g/mol. The van der Waals surface area contributed by atoms with Crippen molar-refractivity contribution < 1.29 is 17.2 Å². The van der Waals surface area contributed by atoms with Gasteiger partial charge in [0.2, 0.25) is 0 Å². The van der Waals surface area contributed by atoms with Gasteiger partial charge in [-0.25, -0.2) is 17.2 Å². The summed E-state index contributed by atoms with van der Waals surface area (Å²) in [6, 6.07) is 3.82. The lowest BCUT2D eigenvalue weighted by Crippen LogP contribution is -2.04. The fourth-order valence-electron chi connectivity index (χ4n) is 1.49. The molecule has 0 bridgehead atoms. The Kier molecular flexibility index (Phi) is 4.07. The SMILES string of the molecule is CCc1cc(C#N)cc(S(=O)(=O)Cl)c1C(F)F. The fourth-order valence-corrected chi connectivity index (χ4v) is 2.62. The Labute approximate surface area is 102 Å². The second-order valence-electron chi connectivity index (χ2n) is 3.25. The maximum absolute atomic E-state index is 12.8. The van der Waals surface area contributed by atoms with Crippen LogP contribution in [0.4, 0.5) is 8.78 Å². The standard InChI is InChI=1S/C10H8ClF2NO2S/c1-2-7-3-6(5-14)4-8(17(11,15)16)9(7)10(12)13/h3-4,10H,2H2,1H3. The normalized spacial score (nSPS) is 11.5. The van der Waals surface area contributed by atoms with Crippen LogP contribution in [0, 0.1) is 11.3 Å². The van der Waals surface area contributed by atoms with Crippen molar-refractivity contribution in [2.24, 2.45) is 0 Å². The lowest BCUT2D eigenvalue weighted by Gasteiger charge is -2.11. The van der Waals surface area contributed by atoms with Gasteiger partial charge in [0, 0.05) is 16.2 Å². The second-order valence-corrected chi connectivity index (χ2v) is 5.79. The summed E-state index contributed by atoms with van der Waals surface area (Å²) in [6.07, 6.45) is -2.77. The molecule has 0 saturated heterocycles. The minimum absolute atomic E-state index is 0.00882. The molecule has 1 rings (SSSR count). The monoisotopic (exact) mass is 279 g/mol. The molecule has 1 aromatic carbocycles. The Hall–Kier alpha value is -1.19. The van der Waals surface area contributed by atoms with E-state index in [9.17, 15) is 17.2 Å². The molecule has 0 spiro atoms. The van der Waals surface area contributed by atoms with Gasteiger partial charge in [0.25, 0.3) is 15.5 Å². The fraction of sp³-hybridized carbons (Fsp3) is 0.300. The van der Waals surface area contributed by atoms with Crippen molar-refractivity contribution in [3.8, 4) is 6.07 Å². The molecular formula is C10H8ClF2NO2S. The van der Waals surface area contributed by atoms with E-state index in [-0.39, 0.29) is 17.5 Å². The Morgan fingerprint density at radius 2 is 2.06 bits per heavy atom. The highest BCUT2D eigenvalue weighted by molar-refractivity contribution is 8.13. The van der Waals surface area contributed by atoms with Crippen LogP contribution in [0.3, 0.4) is 0 Å². The number of alkyl halides is 2. The van der Waals surface area contributed by atoms with Crippen molar-refractivity contribution in [1.82, 2.24) is 0 Å². The Morgan fingerprint density at radius 1 is 1.47 bits per heavy atom. The van der Waals surface area contributed by atoms with Crippen molar-refractivity contribution in [3.05, 3.63) is 28.8 Å². The molecule has 0 aliphatic carbocycles. The Balaban J connectivity index is 3.72. The number of nitriles is 1. The third-order valence-corrected chi connectivity index (χ3v) is 3.58. The quantitative estimate of drug-likeness (QED) is 0.799. The molecule has 0 unspecified atom stereocenters. The molecule has 92 valence electrons. The first-order valence-corrected chi connectivity index (χ1v) is 6.92. The first-order valence-electron chi connectivity index (χ1n) is 4.61.